The number of hydrogen-bond acceptors (Lipinski definition) is 4. The fourth-order valence-corrected chi connectivity index (χ4v) is 3.46. The maximum Gasteiger partial charge on any atom is 0.180 e. The van der Waals surface area contributed by atoms with Gasteiger partial charge in [-0.25, -0.2) is 0 Å². The van der Waals surface area contributed by atoms with Gasteiger partial charge in [0.1, 0.15) is 6.61 Å². The molecule has 0 atom stereocenters. The lowest BCUT2D eigenvalue weighted by molar-refractivity contribution is 0.287. The van der Waals surface area contributed by atoms with Crippen molar-refractivity contribution in [2.75, 3.05) is 12.4 Å². The number of ether oxygens (including phenoxy) is 2. The van der Waals surface area contributed by atoms with Gasteiger partial charge in [-0.15, -0.1) is 11.3 Å². The average molecular weight is 394 g/mol. The van der Waals surface area contributed by atoms with Crippen molar-refractivity contribution in [3.63, 3.8) is 0 Å². The summed E-state index contributed by atoms with van der Waals surface area (Å²) in [5.74, 6) is 1.17. The molecule has 25 heavy (non-hydrogen) atoms. The third-order valence-electron chi connectivity index (χ3n) is 3.58. The Morgan fingerprint density at radius 2 is 1.88 bits per heavy atom. The Kier molecular flexibility index (Phi) is 6.08. The van der Waals surface area contributed by atoms with Crippen LogP contribution in [0.2, 0.25) is 10.0 Å². The molecule has 0 radical (unpaired) electrons. The molecule has 2 aromatic carbocycles. The van der Waals surface area contributed by atoms with Crippen LogP contribution in [-0.2, 0) is 13.2 Å². The summed E-state index contributed by atoms with van der Waals surface area (Å²) in [4.78, 5) is 1.13. The summed E-state index contributed by atoms with van der Waals surface area (Å²) in [6.45, 7) is 1.04. The van der Waals surface area contributed by atoms with Crippen molar-refractivity contribution in [2.24, 2.45) is 0 Å². The van der Waals surface area contributed by atoms with Crippen LogP contribution in [0, 0.1) is 0 Å². The first-order valence-corrected chi connectivity index (χ1v) is 9.31. The quantitative estimate of drug-likeness (QED) is 0.514. The lowest BCUT2D eigenvalue weighted by Crippen LogP contribution is -2.02. The van der Waals surface area contributed by atoms with Crippen molar-refractivity contribution < 1.29 is 9.47 Å². The van der Waals surface area contributed by atoms with Crippen molar-refractivity contribution in [3.05, 3.63) is 74.4 Å². The van der Waals surface area contributed by atoms with Crippen LogP contribution in [-0.4, -0.2) is 7.11 Å². The highest BCUT2D eigenvalue weighted by Gasteiger charge is 2.13. The van der Waals surface area contributed by atoms with E-state index in [0.29, 0.717) is 34.7 Å². The summed E-state index contributed by atoms with van der Waals surface area (Å²) in [5, 5.41) is 6.51. The molecule has 0 amide bonds. The molecule has 1 aromatic heterocycles. The number of rotatable bonds is 7. The number of benzene rings is 2. The Hall–Kier alpha value is -1.88. The molecular formula is C19H17Cl2NO2S. The van der Waals surface area contributed by atoms with Crippen LogP contribution in [0.15, 0.2) is 53.9 Å². The van der Waals surface area contributed by atoms with E-state index in [-0.39, 0.29) is 0 Å². The number of halogens is 2. The molecule has 0 saturated carbocycles. The van der Waals surface area contributed by atoms with Gasteiger partial charge in [0.2, 0.25) is 0 Å². The molecule has 3 nitrogen and oxygen atoms in total. The van der Waals surface area contributed by atoms with Gasteiger partial charge in [0.05, 0.1) is 22.8 Å². The SMILES string of the molecule is COc1cc(CNc2ccccc2Cl)cc(Cl)c1OCc1cccs1. The molecule has 0 spiro atoms. The second kappa shape index (κ2) is 8.48. The fourth-order valence-electron chi connectivity index (χ4n) is 2.36. The number of anilines is 1. The minimum Gasteiger partial charge on any atom is -0.493 e. The van der Waals surface area contributed by atoms with Crippen LogP contribution >= 0.6 is 34.5 Å². The maximum atomic E-state index is 6.41. The van der Waals surface area contributed by atoms with E-state index in [0.717, 1.165) is 16.1 Å². The van der Waals surface area contributed by atoms with E-state index >= 15 is 0 Å². The first kappa shape index (κ1) is 17.9. The van der Waals surface area contributed by atoms with Gasteiger partial charge in [-0.1, -0.05) is 41.4 Å². The normalized spacial score (nSPS) is 10.5. The predicted molar refractivity (Wildman–Crippen MR) is 105 cm³/mol. The Morgan fingerprint density at radius 1 is 1.04 bits per heavy atom. The second-order valence-corrected chi connectivity index (χ2v) is 7.16. The van der Waals surface area contributed by atoms with Gasteiger partial charge < -0.3 is 14.8 Å². The molecule has 0 fully saturated rings. The molecule has 0 aliphatic heterocycles. The van der Waals surface area contributed by atoms with E-state index in [4.69, 9.17) is 32.7 Å². The third kappa shape index (κ3) is 4.60. The molecule has 3 aromatic rings. The topological polar surface area (TPSA) is 30.5 Å². The van der Waals surface area contributed by atoms with E-state index in [2.05, 4.69) is 5.32 Å². The zero-order valence-corrected chi connectivity index (χ0v) is 15.9. The Balaban J connectivity index is 1.73. The summed E-state index contributed by atoms with van der Waals surface area (Å²) >= 11 is 14.2. The van der Waals surface area contributed by atoms with Crippen molar-refractivity contribution in [3.8, 4) is 11.5 Å². The van der Waals surface area contributed by atoms with Crippen LogP contribution in [0.3, 0.4) is 0 Å². The first-order chi connectivity index (χ1) is 12.2. The number of methoxy groups -OCH3 is 1. The summed E-state index contributed by atoms with van der Waals surface area (Å²) in [7, 11) is 1.61. The smallest absolute Gasteiger partial charge is 0.180 e. The molecular weight excluding hydrogens is 377 g/mol. The van der Waals surface area contributed by atoms with Gasteiger partial charge in [0.15, 0.2) is 11.5 Å². The fraction of sp³-hybridized carbons (Fsp3) is 0.158. The van der Waals surface area contributed by atoms with E-state index in [9.17, 15) is 0 Å². The molecule has 0 aliphatic rings. The predicted octanol–water partition coefficient (Wildman–Crippen LogP) is 6.25. The van der Waals surface area contributed by atoms with Gasteiger partial charge in [0, 0.05) is 11.4 Å². The Labute approximate surface area is 161 Å². The first-order valence-electron chi connectivity index (χ1n) is 7.67. The highest BCUT2D eigenvalue weighted by Crippen LogP contribution is 2.37. The van der Waals surface area contributed by atoms with Crippen molar-refractivity contribution >= 4 is 40.2 Å². The standard InChI is InChI=1S/C19H17Cl2NO2S/c1-23-18-10-13(11-22-17-7-3-2-6-15(17)20)9-16(21)19(18)24-12-14-5-4-8-25-14/h2-10,22H,11-12H2,1H3. The minimum atomic E-state index is 0.463. The van der Waals surface area contributed by atoms with Crippen molar-refractivity contribution in [1.29, 1.82) is 0 Å². The molecule has 1 heterocycles. The van der Waals surface area contributed by atoms with E-state index in [1.165, 1.54) is 0 Å². The molecule has 0 unspecified atom stereocenters. The molecule has 0 bridgehead atoms. The van der Waals surface area contributed by atoms with Gasteiger partial charge in [-0.2, -0.15) is 0 Å². The monoisotopic (exact) mass is 393 g/mol. The van der Waals surface area contributed by atoms with Crippen LogP contribution in [0.5, 0.6) is 11.5 Å². The molecule has 0 saturated heterocycles. The van der Waals surface area contributed by atoms with Gasteiger partial charge in [-0.05, 0) is 41.3 Å². The Morgan fingerprint density at radius 3 is 2.60 bits per heavy atom. The highest BCUT2D eigenvalue weighted by atomic mass is 35.5. The van der Waals surface area contributed by atoms with Crippen LogP contribution in [0.1, 0.15) is 10.4 Å². The lowest BCUT2D eigenvalue weighted by atomic mass is 10.2. The second-order valence-electron chi connectivity index (χ2n) is 5.31. The van der Waals surface area contributed by atoms with Crippen molar-refractivity contribution in [2.45, 2.75) is 13.2 Å². The molecule has 3 rings (SSSR count). The zero-order valence-electron chi connectivity index (χ0n) is 13.6. The zero-order chi connectivity index (χ0) is 17.6. The van der Waals surface area contributed by atoms with Crippen LogP contribution in [0.4, 0.5) is 5.69 Å². The maximum absolute atomic E-state index is 6.41. The molecule has 6 heteroatoms. The number of hydrogen-bond donors (Lipinski definition) is 1. The summed E-state index contributed by atoms with van der Waals surface area (Å²) < 4.78 is 11.3. The largest absolute Gasteiger partial charge is 0.493 e. The summed E-state index contributed by atoms with van der Waals surface area (Å²) in [6, 6.07) is 15.4. The van der Waals surface area contributed by atoms with Gasteiger partial charge in [0.25, 0.3) is 0 Å². The van der Waals surface area contributed by atoms with Gasteiger partial charge >= 0.3 is 0 Å². The van der Waals surface area contributed by atoms with Crippen LogP contribution in [0.25, 0.3) is 0 Å². The number of nitrogens with one attached hydrogen (secondary N) is 1. The third-order valence-corrected chi connectivity index (χ3v) is 5.05. The molecule has 0 aliphatic carbocycles. The number of para-hydroxylation sites is 1. The highest BCUT2D eigenvalue weighted by molar-refractivity contribution is 7.09. The van der Waals surface area contributed by atoms with E-state index in [1.54, 1.807) is 18.4 Å². The average Bonchev–Trinajstić information content (AvgIpc) is 3.13. The lowest BCUT2D eigenvalue weighted by Gasteiger charge is -2.15. The van der Waals surface area contributed by atoms with E-state index in [1.807, 2.05) is 53.9 Å². The minimum absolute atomic E-state index is 0.463. The van der Waals surface area contributed by atoms with Crippen molar-refractivity contribution in [1.82, 2.24) is 0 Å². The molecule has 1 N–H and O–H groups in total. The molecule has 130 valence electrons. The van der Waals surface area contributed by atoms with Gasteiger partial charge in [-0.3, -0.25) is 0 Å². The summed E-state index contributed by atoms with van der Waals surface area (Å²) in [6.07, 6.45) is 0. The van der Waals surface area contributed by atoms with Crippen LogP contribution < -0.4 is 14.8 Å². The van der Waals surface area contributed by atoms with E-state index < -0.39 is 0 Å². The Bertz CT molecular complexity index is 837. The number of thiophene rings is 1. The summed E-state index contributed by atoms with van der Waals surface area (Å²) in [5.41, 5.74) is 1.85.